The fourth-order valence-electron chi connectivity index (χ4n) is 3.78. The number of nitrogens with zero attached hydrogens (tertiary/aromatic N) is 1. The van der Waals surface area contributed by atoms with Gasteiger partial charge in [-0.05, 0) is 45.1 Å². The molecule has 122 valence electrons. The molecule has 21 heavy (non-hydrogen) atoms. The average Bonchev–Trinajstić information content (AvgIpc) is 2.81. The second-order valence-corrected chi connectivity index (χ2v) is 7.12. The van der Waals surface area contributed by atoms with Crippen molar-refractivity contribution < 1.29 is 9.53 Å². The van der Waals surface area contributed by atoms with E-state index in [2.05, 4.69) is 31.0 Å². The first-order valence-corrected chi connectivity index (χ1v) is 8.71. The maximum absolute atomic E-state index is 12.1. The van der Waals surface area contributed by atoms with Gasteiger partial charge < -0.3 is 10.1 Å². The fourth-order valence-corrected chi connectivity index (χ4v) is 3.78. The maximum atomic E-state index is 12.1. The summed E-state index contributed by atoms with van der Waals surface area (Å²) in [6, 6.07) is 0.953. The molecule has 0 bridgehead atoms. The average molecular weight is 296 g/mol. The summed E-state index contributed by atoms with van der Waals surface area (Å²) in [5.74, 6) is 0.800. The predicted octanol–water partition coefficient (Wildman–Crippen LogP) is 2.57. The zero-order valence-electron chi connectivity index (χ0n) is 13.9. The van der Waals surface area contributed by atoms with Gasteiger partial charge >= 0.3 is 0 Å². The van der Waals surface area contributed by atoms with Crippen LogP contribution in [0.15, 0.2) is 0 Å². The lowest BCUT2D eigenvalue weighted by molar-refractivity contribution is -0.123. The lowest BCUT2D eigenvalue weighted by Crippen LogP contribution is -2.47. The first-order chi connectivity index (χ1) is 10.1. The van der Waals surface area contributed by atoms with Crippen molar-refractivity contribution in [1.29, 1.82) is 0 Å². The lowest BCUT2D eigenvalue weighted by atomic mass is 9.99. The first kappa shape index (κ1) is 16.8. The number of carbonyl (C=O) groups excluding carboxylic acids is 1. The van der Waals surface area contributed by atoms with Crippen LogP contribution in [0.5, 0.6) is 0 Å². The predicted molar refractivity (Wildman–Crippen MR) is 85.2 cm³/mol. The Labute approximate surface area is 129 Å². The van der Waals surface area contributed by atoms with E-state index in [-0.39, 0.29) is 12.0 Å². The second kappa shape index (κ2) is 8.14. The molecule has 0 unspecified atom stereocenters. The van der Waals surface area contributed by atoms with E-state index in [1.54, 1.807) is 0 Å². The van der Waals surface area contributed by atoms with Crippen LogP contribution in [0.3, 0.4) is 0 Å². The van der Waals surface area contributed by atoms with Crippen molar-refractivity contribution in [2.24, 2.45) is 5.92 Å². The van der Waals surface area contributed by atoms with Gasteiger partial charge in [0.05, 0.1) is 12.7 Å². The highest BCUT2D eigenvalue weighted by Crippen LogP contribution is 2.27. The molecule has 2 saturated heterocycles. The third-order valence-electron chi connectivity index (χ3n) is 4.74. The van der Waals surface area contributed by atoms with Gasteiger partial charge in [-0.2, -0.15) is 0 Å². The summed E-state index contributed by atoms with van der Waals surface area (Å²) in [5, 5.41) is 3.23. The SMILES string of the molecule is CC(C)C[C@H](C)OCCC(=O)N[C@H]1CCN2CCCC[C@H]12. The van der Waals surface area contributed by atoms with Crippen LogP contribution in [0, 0.1) is 5.92 Å². The van der Waals surface area contributed by atoms with E-state index in [9.17, 15) is 4.79 Å². The van der Waals surface area contributed by atoms with E-state index >= 15 is 0 Å². The molecule has 0 spiro atoms. The summed E-state index contributed by atoms with van der Waals surface area (Å²) in [6.07, 6.45) is 6.78. The Kier molecular flexibility index (Phi) is 6.49. The molecule has 0 aromatic heterocycles. The van der Waals surface area contributed by atoms with E-state index in [0.29, 0.717) is 31.0 Å². The smallest absolute Gasteiger partial charge is 0.222 e. The molecule has 0 radical (unpaired) electrons. The van der Waals surface area contributed by atoms with Crippen molar-refractivity contribution in [1.82, 2.24) is 10.2 Å². The normalized spacial score (nSPS) is 27.6. The second-order valence-electron chi connectivity index (χ2n) is 7.12. The molecule has 4 heteroatoms. The number of amides is 1. The Balaban J connectivity index is 1.63. The number of fused-ring (bicyclic) bond motifs is 1. The van der Waals surface area contributed by atoms with Gasteiger partial charge in [-0.3, -0.25) is 9.69 Å². The molecule has 1 N–H and O–H groups in total. The van der Waals surface area contributed by atoms with Crippen LogP contribution in [0.4, 0.5) is 0 Å². The third kappa shape index (κ3) is 5.26. The van der Waals surface area contributed by atoms with Gasteiger partial charge in [0.25, 0.3) is 0 Å². The van der Waals surface area contributed by atoms with Crippen molar-refractivity contribution in [3.05, 3.63) is 0 Å². The highest BCUT2D eigenvalue weighted by Gasteiger charge is 2.35. The lowest BCUT2D eigenvalue weighted by Gasteiger charge is -2.32. The summed E-state index contributed by atoms with van der Waals surface area (Å²) >= 11 is 0. The number of ether oxygens (including phenoxy) is 1. The minimum atomic E-state index is 0.157. The zero-order valence-corrected chi connectivity index (χ0v) is 13.9. The molecular formula is C17H32N2O2. The molecule has 2 rings (SSSR count). The van der Waals surface area contributed by atoms with Crippen molar-refractivity contribution in [3.63, 3.8) is 0 Å². The van der Waals surface area contributed by atoms with Crippen LogP contribution < -0.4 is 5.32 Å². The van der Waals surface area contributed by atoms with Crippen LogP contribution in [0.1, 0.15) is 59.3 Å². The van der Waals surface area contributed by atoms with Crippen LogP contribution >= 0.6 is 0 Å². The van der Waals surface area contributed by atoms with E-state index in [0.717, 1.165) is 19.4 Å². The van der Waals surface area contributed by atoms with Crippen molar-refractivity contribution >= 4 is 5.91 Å². The Morgan fingerprint density at radius 2 is 2.05 bits per heavy atom. The Bertz CT molecular complexity index is 333. The van der Waals surface area contributed by atoms with Gasteiger partial charge in [-0.1, -0.05) is 20.3 Å². The van der Waals surface area contributed by atoms with Crippen LogP contribution in [-0.4, -0.2) is 48.7 Å². The quantitative estimate of drug-likeness (QED) is 0.785. The largest absolute Gasteiger partial charge is 0.378 e. The maximum Gasteiger partial charge on any atom is 0.222 e. The Hall–Kier alpha value is -0.610. The molecule has 1 amide bonds. The number of rotatable bonds is 7. The Morgan fingerprint density at radius 1 is 1.24 bits per heavy atom. The van der Waals surface area contributed by atoms with Gasteiger partial charge in [-0.25, -0.2) is 0 Å². The van der Waals surface area contributed by atoms with E-state index in [4.69, 9.17) is 4.74 Å². The van der Waals surface area contributed by atoms with Crippen LogP contribution in [0.2, 0.25) is 0 Å². The highest BCUT2D eigenvalue weighted by molar-refractivity contribution is 5.76. The summed E-state index contributed by atoms with van der Waals surface area (Å²) in [5.41, 5.74) is 0. The molecule has 0 aromatic rings. The molecule has 2 aliphatic rings. The van der Waals surface area contributed by atoms with Crippen molar-refractivity contribution in [2.75, 3.05) is 19.7 Å². The number of piperidine rings is 1. The zero-order chi connectivity index (χ0) is 15.2. The van der Waals surface area contributed by atoms with Gasteiger partial charge in [0.15, 0.2) is 0 Å². The molecule has 0 saturated carbocycles. The summed E-state index contributed by atoms with van der Waals surface area (Å²) < 4.78 is 5.72. The molecule has 2 aliphatic heterocycles. The van der Waals surface area contributed by atoms with Crippen LogP contribution in [-0.2, 0) is 9.53 Å². The molecular weight excluding hydrogens is 264 g/mol. The monoisotopic (exact) mass is 296 g/mol. The van der Waals surface area contributed by atoms with Crippen molar-refractivity contribution in [3.8, 4) is 0 Å². The molecule has 4 nitrogen and oxygen atoms in total. The minimum Gasteiger partial charge on any atom is -0.378 e. The molecule has 0 aliphatic carbocycles. The first-order valence-electron chi connectivity index (χ1n) is 8.71. The van der Waals surface area contributed by atoms with Gasteiger partial charge in [0.2, 0.25) is 5.91 Å². The number of nitrogens with one attached hydrogen (secondary N) is 1. The molecule has 0 aromatic carbocycles. The fraction of sp³-hybridized carbons (Fsp3) is 0.941. The highest BCUT2D eigenvalue weighted by atomic mass is 16.5. The number of hydrogen-bond acceptors (Lipinski definition) is 3. The van der Waals surface area contributed by atoms with Crippen molar-refractivity contribution in [2.45, 2.75) is 77.5 Å². The number of carbonyl (C=O) groups is 1. The Morgan fingerprint density at radius 3 is 2.81 bits per heavy atom. The summed E-state index contributed by atoms with van der Waals surface area (Å²) in [6.45, 7) is 9.39. The molecule has 2 fully saturated rings. The van der Waals surface area contributed by atoms with Gasteiger partial charge in [0, 0.05) is 25.0 Å². The standard InChI is InChI=1S/C17H32N2O2/c1-13(2)12-14(3)21-11-8-17(20)18-15-7-10-19-9-5-4-6-16(15)19/h13-16H,4-12H2,1-3H3,(H,18,20)/t14-,15-,16+/m0/s1. The number of hydrogen-bond donors (Lipinski definition) is 1. The van der Waals surface area contributed by atoms with Crippen LogP contribution in [0.25, 0.3) is 0 Å². The molecule has 2 heterocycles. The topological polar surface area (TPSA) is 41.6 Å². The van der Waals surface area contributed by atoms with E-state index in [1.165, 1.54) is 25.8 Å². The summed E-state index contributed by atoms with van der Waals surface area (Å²) in [7, 11) is 0. The minimum absolute atomic E-state index is 0.157. The van der Waals surface area contributed by atoms with Gasteiger partial charge in [0.1, 0.15) is 0 Å². The third-order valence-corrected chi connectivity index (χ3v) is 4.74. The van der Waals surface area contributed by atoms with E-state index < -0.39 is 0 Å². The summed E-state index contributed by atoms with van der Waals surface area (Å²) in [4.78, 5) is 14.6. The molecule has 3 atom stereocenters. The van der Waals surface area contributed by atoms with E-state index in [1.807, 2.05) is 0 Å². The van der Waals surface area contributed by atoms with Gasteiger partial charge in [-0.15, -0.1) is 0 Å².